The summed E-state index contributed by atoms with van der Waals surface area (Å²) in [5.41, 5.74) is 0.456. The molecule has 2 nitrogen and oxygen atoms in total. The number of unbranched alkanes of at least 4 members (excludes halogenated alkanes) is 9. The minimum atomic E-state index is -0.306. The summed E-state index contributed by atoms with van der Waals surface area (Å²) in [5, 5.41) is 0. The SMILES string of the molecule is [CH2]C(OC(=O)C(=C)C)C(CCC)CCCCCCCCCCCC. The van der Waals surface area contributed by atoms with Gasteiger partial charge < -0.3 is 4.74 Å². The molecule has 0 N–H and O–H groups in total. The molecule has 0 aliphatic heterocycles. The Kier molecular flexibility index (Phi) is 15.2. The Morgan fingerprint density at radius 3 is 1.79 bits per heavy atom. The average molecular weight is 338 g/mol. The fourth-order valence-corrected chi connectivity index (χ4v) is 3.12. The van der Waals surface area contributed by atoms with Gasteiger partial charge in [-0.15, -0.1) is 0 Å². The molecule has 2 unspecified atom stereocenters. The first-order chi connectivity index (χ1) is 11.5. The Morgan fingerprint density at radius 1 is 0.833 bits per heavy atom. The van der Waals surface area contributed by atoms with Crippen LogP contribution in [0.1, 0.15) is 104 Å². The summed E-state index contributed by atoms with van der Waals surface area (Å²) in [6, 6.07) is 0. The van der Waals surface area contributed by atoms with Crippen LogP contribution in [0.25, 0.3) is 0 Å². The molecule has 0 fully saturated rings. The molecule has 0 aliphatic rings. The molecule has 0 aromatic rings. The summed E-state index contributed by atoms with van der Waals surface area (Å²) in [6.07, 6.45) is 16.6. The van der Waals surface area contributed by atoms with Crippen LogP contribution < -0.4 is 0 Å². The number of carbonyl (C=O) groups excluding carboxylic acids is 1. The molecule has 141 valence electrons. The summed E-state index contributed by atoms with van der Waals surface area (Å²) in [4.78, 5) is 11.6. The molecule has 0 saturated heterocycles. The Labute approximate surface area is 151 Å². The zero-order valence-electron chi connectivity index (χ0n) is 16.6. The smallest absolute Gasteiger partial charge is 0.333 e. The van der Waals surface area contributed by atoms with Crippen molar-refractivity contribution in [3.63, 3.8) is 0 Å². The first-order valence-corrected chi connectivity index (χ1v) is 10.2. The third-order valence-electron chi connectivity index (χ3n) is 4.72. The van der Waals surface area contributed by atoms with Crippen molar-refractivity contribution in [2.45, 2.75) is 110 Å². The normalized spacial score (nSPS) is 13.5. The first kappa shape index (κ1) is 23.2. The molecule has 2 heteroatoms. The van der Waals surface area contributed by atoms with E-state index in [0.717, 1.165) is 19.3 Å². The van der Waals surface area contributed by atoms with E-state index in [2.05, 4.69) is 27.4 Å². The number of hydrogen-bond donors (Lipinski definition) is 0. The predicted octanol–water partition coefficient (Wildman–Crippen LogP) is 7.04. The summed E-state index contributed by atoms with van der Waals surface area (Å²) in [7, 11) is 0. The van der Waals surface area contributed by atoms with Crippen LogP contribution in [0.15, 0.2) is 12.2 Å². The van der Waals surface area contributed by atoms with E-state index in [1.165, 1.54) is 64.2 Å². The van der Waals surface area contributed by atoms with E-state index < -0.39 is 0 Å². The Bertz CT molecular complexity index is 322. The Morgan fingerprint density at radius 2 is 1.33 bits per heavy atom. The van der Waals surface area contributed by atoms with Crippen molar-refractivity contribution in [3.8, 4) is 0 Å². The highest BCUT2D eigenvalue weighted by atomic mass is 16.5. The Balaban J connectivity index is 3.77. The fraction of sp³-hybridized carbons (Fsp3) is 0.818. The van der Waals surface area contributed by atoms with Gasteiger partial charge in [-0.2, -0.15) is 0 Å². The number of esters is 1. The minimum absolute atomic E-state index is 0.243. The summed E-state index contributed by atoms with van der Waals surface area (Å²) >= 11 is 0. The maximum absolute atomic E-state index is 11.6. The van der Waals surface area contributed by atoms with Crippen LogP contribution >= 0.6 is 0 Å². The van der Waals surface area contributed by atoms with Gasteiger partial charge in [-0.25, -0.2) is 4.79 Å². The molecule has 0 heterocycles. The highest BCUT2D eigenvalue weighted by Gasteiger charge is 2.20. The summed E-state index contributed by atoms with van der Waals surface area (Å²) in [5.74, 6) is 0.0755. The van der Waals surface area contributed by atoms with Gasteiger partial charge in [-0.05, 0) is 32.6 Å². The zero-order chi connectivity index (χ0) is 18.2. The second-order valence-electron chi connectivity index (χ2n) is 7.24. The van der Waals surface area contributed by atoms with E-state index in [1.54, 1.807) is 6.92 Å². The van der Waals surface area contributed by atoms with Crippen LogP contribution in [-0.4, -0.2) is 12.1 Å². The summed E-state index contributed by atoms with van der Waals surface area (Å²) in [6.45, 7) is 13.8. The molecule has 24 heavy (non-hydrogen) atoms. The van der Waals surface area contributed by atoms with Gasteiger partial charge in [0.05, 0.1) is 0 Å². The number of carbonyl (C=O) groups is 1. The molecule has 0 spiro atoms. The maximum Gasteiger partial charge on any atom is 0.333 e. The highest BCUT2D eigenvalue weighted by molar-refractivity contribution is 5.87. The van der Waals surface area contributed by atoms with Crippen LogP contribution in [-0.2, 0) is 9.53 Å². The van der Waals surface area contributed by atoms with Gasteiger partial charge >= 0.3 is 5.97 Å². The van der Waals surface area contributed by atoms with Crippen LogP contribution in [0.2, 0.25) is 0 Å². The third-order valence-corrected chi connectivity index (χ3v) is 4.72. The van der Waals surface area contributed by atoms with Crippen molar-refractivity contribution in [1.82, 2.24) is 0 Å². The molecular weight excluding hydrogens is 296 g/mol. The minimum Gasteiger partial charge on any atom is -0.459 e. The van der Waals surface area contributed by atoms with E-state index in [9.17, 15) is 4.79 Å². The van der Waals surface area contributed by atoms with Gasteiger partial charge in [0.15, 0.2) is 0 Å². The maximum atomic E-state index is 11.6. The number of ether oxygens (including phenoxy) is 1. The Hall–Kier alpha value is -0.790. The van der Waals surface area contributed by atoms with Crippen LogP contribution in [0, 0.1) is 12.8 Å². The van der Waals surface area contributed by atoms with E-state index in [4.69, 9.17) is 4.74 Å². The molecule has 0 saturated carbocycles. The number of hydrogen-bond acceptors (Lipinski definition) is 2. The van der Waals surface area contributed by atoms with Crippen molar-refractivity contribution in [2.75, 3.05) is 0 Å². The van der Waals surface area contributed by atoms with Gasteiger partial charge in [0, 0.05) is 5.57 Å². The van der Waals surface area contributed by atoms with Crippen LogP contribution in [0.3, 0.4) is 0 Å². The van der Waals surface area contributed by atoms with Gasteiger partial charge in [-0.1, -0.05) is 91.1 Å². The quantitative estimate of drug-likeness (QED) is 0.171. The molecule has 0 aliphatic carbocycles. The lowest BCUT2D eigenvalue weighted by molar-refractivity contribution is -0.144. The lowest BCUT2D eigenvalue weighted by atomic mass is 9.91. The summed E-state index contributed by atoms with van der Waals surface area (Å²) < 4.78 is 5.42. The fourth-order valence-electron chi connectivity index (χ4n) is 3.12. The van der Waals surface area contributed by atoms with Gasteiger partial charge in [0.25, 0.3) is 0 Å². The molecule has 0 aromatic heterocycles. The molecular formula is C22H41O2. The van der Waals surface area contributed by atoms with Crippen LogP contribution in [0.5, 0.6) is 0 Å². The van der Waals surface area contributed by atoms with E-state index >= 15 is 0 Å². The van der Waals surface area contributed by atoms with E-state index in [-0.39, 0.29) is 12.1 Å². The third kappa shape index (κ3) is 12.6. The second kappa shape index (κ2) is 15.7. The van der Waals surface area contributed by atoms with Crippen molar-refractivity contribution < 1.29 is 9.53 Å². The first-order valence-electron chi connectivity index (χ1n) is 10.2. The van der Waals surface area contributed by atoms with Gasteiger partial charge in [-0.3, -0.25) is 0 Å². The molecule has 1 radical (unpaired) electrons. The zero-order valence-corrected chi connectivity index (χ0v) is 16.6. The average Bonchev–Trinajstić information content (AvgIpc) is 2.55. The van der Waals surface area contributed by atoms with Gasteiger partial charge in [0.2, 0.25) is 0 Å². The largest absolute Gasteiger partial charge is 0.459 e. The predicted molar refractivity (Wildman–Crippen MR) is 105 cm³/mol. The highest BCUT2D eigenvalue weighted by Crippen LogP contribution is 2.22. The van der Waals surface area contributed by atoms with Crippen LogP contribution in [0.4, 0.5) is 0 Å². The lowest BCUT2D eigenvalue weighted by Crippen LogP contribution is -2.24. The van der Waals surface area contributed by atoms with Crippen molar-refractivity contribution >= 4 is 5.97 Å². The topological polar surface area (TPSA) is 26.3 Å². The molecule has 0 rings (SSSR count). The van der Waals surface area contributed by atoms with E-state index in [0.29, 0.717) is 11.5 Å². The number of rotatable bonds is 16. The molecule has 0 aromatic carbocycles. The molecule has 0 bridgehead atoms. The van der Waals surface area contributed by atoms with Crippen molar-refractivity contribution in [3.05, 3.63) is 19.1 Å². The molecule has 2 atom stereocenters. The van der Waals surface area contributed by atoms with Crippen molar-refractivity contribution in [1.29, 1.82) is 0 Å². The second-order valence-corrected chi connectivity index (χ2v) is 7.24. The van der Waals surface area contributed by atoms with E-state index in [1.807, 2.05) is 0 Å². The van der Waals surface area contributed by atoms with Crippen molar-refractivity contribution in [2.24, 2.45) is 5.92 Å². The monoisotopic (exact) mass is 337 g/mol. The standard InChI is InChI=1S/C22H41O2/c1-6-8-9-10-11-12-13-14-15-16-18-21(17-7-2)20(5)24-22(23)19(3)4/h20-21H,3,5-18H2,1-2,4H3. The lowest BCUT2D eigenvalue weighted by Gasteiger charge is -2.23. The van der Waals surface area contributed by atoms with Gasteiger partial charge in [0.1, 0.15) is 6.10 Å². The molecule has 0 amide bonds.